The number of hydrogen-bond donors (Lipinski definition) is 0. The molecule has 5 heteroatoms. The molecule has 0 aliphatic carbocycles. The Bertz CT molecular complexity index is 1250. The fourth-order valence-electron chi connectivity index (χ4n) is 4.92. The first-order chi connectivity index (χ1) is 16.7. The van der Waals surface area contributed by atoms with Crippen molar-refractivity contribution in [3.8, 4) is 0 Å². The summed E-state index contributed by atoms with van der Waals surface area (Å²) in [5.41, 5.74) is 4.92. The molecule has 34 heavy (non-hydrogen) atoms. The third kappa shape index (κ3) is 5.01. The van der Waals surface area contributed by atoms with Gasteiger partial charge in [-0.05, 0) is 39.6 Å². The average Bonchev–Trinajstić information content (AvgIpc) is 3.52. The molecule has 0 radical (unpaired) electrons. The first-order valence-electron chi connectivity index (χ1n) is 12.0. The highest BCUT2D eigenvalue weighted by Gasteiger charge is 2.27. The second kappa shape index (κ2) is 10.4. The maximum Gasteiger partial charge on any atom is 0.223 e. The number of para-hydroxylation sites is 1. The topological polar surface area (TPSA) is 28.5 Å². The van der Waals surface area contributed by atoms with E-state index >= 15 is 0 Å². The molecule has 0 spiro atoms. The Morgan fingerprint density at radius 1 is 1.00 bits per heavy atom. The van der Waals surface area contributed by atoms with E-state index in [-0.39, 0.29) is 11.8 Å². The summed E-state index contributed by atoms with van der Waals surface area (Å²) in [4.78, 5) is 17.9. The Hall–Kier alpha value is -3.15. The fraction of sp³-hybridized carbons (Fsp3) is 0.276. The number of rotatable bonds is 7. The monoisotopic (exact) mass is 469 g/mol. The average molecular weight is 470 g/mol. The number of fused-ring (bicyclic) bond motifs is 1. The van der Waals surface area contributed by atoms with Crippen LogP contribution in [-0.4, -0.2) is 53.0 Å². The summed E-state index contributed by atoms with van der Waals surface area (Å²) in [5, 5.41) is 5.54. The Kier molecular flexibility index (Phi) is 6.93. The molecule has 3 heterocycles. The van der Waals surface area contributed by atoms with Crippen molar-refractivity contribution in [2.45, 2.75) is 12.3 Å². The van der Waals surface area contributed by atoms with Crippen molar-refractivity contribution >= 4 is 34.2 Å². The molecule has 1 saturated heterocycles. The number of aromatic nitrogens is 1. The van der Waals surface area contributed by atoms with Crippen molar-refractivity contribution in [2.24, 2.45) is 7.05 Å². The molecule has 2 aromatic heterocycles. The number of thiophene rings is 1. The van der Waals surface area contributed by atoms with Crippen LogP contribution >= 0.6 is 11.3 Å². The summed E-state index contributed by atoms with van der Waals surface area (Å²) in [6.45, 7) is 4.35. The molecular weight excluding hydrogens is 438 g/mol. The summed E-state index contributed by atoms with van der Waals surface area (Å²) < 4.78 is 2.18. The Morgan fingerprint density at radius 3 is 2.53 bits per heavy atom. The molecule has 0 N–H and O–H groups in total. The Morgan fingerprint density at radius 2 is 1.76 bits per heavy atom. The van der Waals surface area contributed by atoms with E-state index in [4.69, 9.17) is 0 Å². The molecule has 1 atom stereocenters. The van der Waals surface area contributed by atoms with Gasteiger partial charge in [-0.1, -0.05) is 60.7 Å². The molecule has 4 aromatic rings. The zero-order valence-electron chi connectivity index (χ0n) is 19.6. The van der Waals surface area contributed by atoms with Crippen LogP contribution in [0.15, 0.2) is 83.7 Å². The molecule has 1 unspecified atom stereocenters. The Labute approximate surface area is 205 Å². The summed E-state index contributed by atoms with van der Waals surface area (Å²) in [6, 6.07) is 21.1. The third-order valence-corrected chi connectivity index (χ3v) is 7.53. The fourth-order valence-corrected chi connectivity index (χ4v) is 5.63. The van der Waals surface area contributed by atoms with Gasteiger partial charge in [-0.2, -0.15) is 11.3 Å². The zero-order valence-corrected chi connectivity index (χ0v) is 20.5. The lowest BCUT2D eigenvalue weighted by Crippen LogP contribution is -2.48. The van der Waals surface area contributed by atoms with Crippen molar-refractivity contribution in [1.82, 2.24) is 14.4 Å². The maximum atomic E-state index is 13.4. The van der Waals surface area contributed by atoms with Crippen LogP contribution < -0.4 is 0 Å². The summed E-state index contributed by atoms with van der Waals surface area (Å²) >= 11 is 1.70. The van der Waals surface area contributed by atoms with Crippen LogP contribution in [0.3, 0.4) is 0 Å². The maximum absolute atomic E-state index is 13.4. The van der Waals surface area contributed by atoms with Gasteiger partial charge in [0.2, 0.25) is 5.91 Å². The number of carbonyl (C=O) groups is 1. The minimum Gasteiger partial charge on any atom is -0.350 e. The van der Waals surface area contributed by atoms with E-state index in [1.165, 1.54) is 27.6 Å². The molecule has 0 bridgehead atoms. The first-order valence-corrected chi connectivity index (χ1v) is 12.9. The van der Waals surface area contributed by atoms with Crippen LogP contribution in [0, 0.1) is 0 Å². The van der Waals surface area contributed by atoms with Crippen LogP contribution in [0.25, 0.3) is 17.0 Å². The van der Waals surface area contributed by atoms with Crippen LogP contribution in [0.5, 0.6) is 0 Å². The van der Waals surface area contributed by atoms with Gasteiger partial charge >= 0.3 is 0 Å². The van der Waals surface area contributed by atoms with Crippen molar-refractivity contribution in [3.05, 3.63) is 100 Å². The summed E-state index contributed by atoms with van der Waals surface area (Å²) in [7, 11) is 2.09. The van der Waals surface area contributed by atoms with Crippen LogP contribution in [0.1, 0.15) is 29.0 Å². The number of piperazine rings is 1. The molecule has 5 rings (SSSR count). The summed E-state index contributed by atoms with van der Waals surface area (Å²) in [6.07, 6.45) is 7.11. The smallest absolute Gasteiger partial charge is 0.223 e. The molecule has 2 aromatic carbocycles. The van der Waals surface area contributed by atoms with Gasteiger partial charge < -0.3 is 9.47 Å². The molecule has 0 saturated carbocycles. The molecule has 1 aliphatic rings. The van der Waals surface area contributed by atoms with Gasteiger partial charge in [-0.3, -0.25) is 9.69 Å². The lowest BCUT2D eigenvalue weighted by molar-refractivity contribution is -0.133. The van der Waals surface area contributed by atoms with E-state index in [9.17, 15) is 4.79 Å². The van der Waals surface area contributed by atoms with Gasteiger partial charge in [0.05, 0.1) is 0 Å². The van der Waals surface area contributed by atoms with Gasteiger partial charge in [0, 0.05) is 69.2 Å². The van der Waals surface area contributed by atoms with Crippen molar-refractivity contribution in [2.75, 3.05) is 32.7 Å². The van der Waals surface area contributed by atoms with E-state index in [0.29, 0.717) is 6.42 Å². The largest absolute Gasteiger partial charge is 0.350 e. The third-order valence-electron chi connectivity index (χ3n) is 6.83. The minimum atomic E-state index is 0.0803. The van der Waals surface area contributed by atoms with Crippen molar-refractivity contribution < 1.29 is 4.79 Å². The van der Waals surface area contributed by atoms with E-state index in [1.54, 1.807) is 11.3 Å². The van der Waals surface area contributed by atoms with E-state index in [0.717, 1.165) is 32.7 Å². The molecule has 1 aliphatic heterocycles. The molecule has 174 valence electrons. The number of nitrogens with zero attached hydrogens (tertiary/aromatic N) is 3. The second-order valence-electron chi connectivity index (χ2n) is 9.02. The van der Waals surface area contributed by atoms with Crippen molar-refractivity contribution in [3.63, 3.8) is 0 Å². The van der Waals surface area contributed by atoms with Gasteiger partial charge in [0.1, 0.15) is 0 Å². The highest BCUT2D eigenvalue weighted by Crippen LogP contribution is 2.35. The molecule has 1 fully saturated rings. The summed E-state index contributed by atoms with van der Waals surface area (Å²) in [5.74, 6) is 0.334. The number of carbonyl (C=O) groups excluding carboxylic acids is 1. The van der Waals surface area contributed by atoms with E-state index in [1.807, 2.05) is 6.07 Å². The van der Waals surface area contributed by atoms with Gasteiger partial charge in [0.25, 0.3) is 0 Å². The van der Waals surface area contributed by atoms with Crippen LogP contribution in [-0.2, 0) is 11.8 Å². The predicted molar refractivity (Wildman–Crippen MR) is 142 cm³/mol. The lowest BCUT2D eigenvalue weighted by atomic mass is 9.89. The quantitative estimate of drug-likeness (QED) is 0.351. The van der Waals surface area contributed by atoms with Crippen LogP contribution in [0.4, 0.5) is 0 Å². The molecule has 4 nitrogen and oxygen atoms in total. The van der Waals surface area contributed by atoms with E-state index in [2.05, 4.69) is 105 Å². The normalized spacial score (nSPS) is 15.9. The van der Waals surface area contributed by atoms with Crippen LogP contribution in [0.2, 0.25) is 0 Å². The first kappa shape index (κ1) is 22.6. The van der Waals surface area contributed by atoms with Gasteiger partial charge in [-0.25, -0.2) is 0 Å². The van der Waals surface area contributed by atoms with Gasteiger partial charge in [-0.15, -0.1) is 0 Å². The molecule has 1 amide bonds. The standard InChI is InChI=1S/C29H31N3OS/c1-30-21-27(25-11-5-6-12-28(25)30)26(24-13-19-34-22-24)20-29(33)32-17-15-31(16-18-32)14-7-10-23-8-3-2-4-9-23/h2-13,19,21-22,26H,14-18,20H2,1H3/b10-7+. The lowest BCUT2D eigenvalue weighted by Gasteiger charge is -2.35. The van der Waals surface area contributed by atoms with Gasteiger partial charge in [0.15, 0.2) is 0 Å². The SMILES string of the molecule is Cn1cc(C(CC(=O)N2CCN(C/C=C/c3ccccc3)CC2)c2ccsc2)c2ccccc21. The number of aryl methyl sites for hydroxylation is 1. The number of amides is 1. The number of benzene rings is 2. The second-order valence-corrected chi connectivity index (χ2v) is 9.80. The molecular formula is C29H31N3OS. The number of hydrogen-bond acceptors (Lipinski definition) is 3. The zero-order chi connectivity index (χ0) is 23.3. The highest BCUT2D eigenvalue weighted by molar-refractivity contribution is 7.08. The minimum absolute atomic E-state index is 0.0803. The Balaban J connectivity index is 1.24. The van der Waals surface area contributed by atoms with Crippen molar-refractivity contribution in [1.29, 1.82) is 0 Å². The van der Waals surface area contributed by atoms with E-state index < -0.39 is 0 Å². The predicted octanol–water partition coefficient (Wildman–Crippen LogP) is 5.62. The highest BCUT2D eigenvalue weighted by atomic mass is 32.1.